The van der Waals surface area contributed by atoms with Crippen molar-refractivity contribution in [2.75, 3.05) is 57.8 Å². The number of fused-ring (bicyclic) bond motifs is 1. The highest BCUT2D eigenvalue weighted by molar-refractivity contribution is 7.99. The van der Waals surface area contributed by atoms with Crippen LogP contribution in [0.1, 0.15) is 33.8 Å². The summed E-state index contributed by atoms with van der Waals surface area (Å²) in [6, 6.07) is 19.9. The highest BCUT2D eigenvalue weighted by atomic mass is 35.5. The van der Waals surface area contributed by atoms with Gasteiger partial charge in [-0.1, -0.05) is 53.5 Å². The Morgan fingerprint density at radius 1 is 1.11 bits per heavy atom. The van der Waals surface area contributed by atoms with Gasteiger partial charge in [0.05, 0.1) is 21.7 Å². The minimum atomic E-state index is -0.0876. The van der Waals surface area contributed by atoms with E-state index in [0.717, 1.165) is 42.4 Å². The molecule has 1 unspecified atom stereocenters. The lowest BCUT2D eigenvalue weighted by atomic mass is 9.93. The summed E-state index contributed by atoms with van der Waals surface area (Å²) in [6.07, 6.45) is 0.914. The molecule has 2 heterocycles. The molecular formula is C30H32Cl2N4OS. The molecule has 3 aromatic rings. The van der Waals surface area contributed by atoms with E-state index in [1.807, 2.05) is 55.6 Å². The zero-order valence-corrected chi connectivity index (χ0v) is 23.9. The van der Waals surface area contributed by atoms with Crippen LogP contribution in [-0.4, -0.2) is 84.5 Å². The normalized spacial score (nSPS) is 17.6. The van der Waals surface area contributed by atoms with Gasteiger partial charge < -0.3 is 9.80 Å². The molecule has 0 aliphatic carbocycles. The molecule has 0 spiro atoms. The van der Waals surface area contributed by atoms with Crippen LogP contribution in [0.2, 0.25) is 10.0 Å². The van der Waals surface area contributed by atoms with Gasteiger partial charge in [-0.25, -0.2) is 0 Å². The molecule has 2 aliphatic heterocycles. The monoisotopic (exact) mass is 566 g/mol. The number of nitriles is 1. The Kier molecular flexibility index (Phi) is 8.82. The molecule has 0 N–H and O–H groups in total. The SMILES string of the molecule is CN(CC(CCN1CC(N2CCSCC2)C1)c1ccc(Cl)c(Cl)c1)C(=O)c1cc(C#N)cc2ccccc12. The molecule has 0 saturated carbocycles. The molecule has 5 rings (SSSR count). The summed E-state index contributed by atoms with van der Waals surface area (Å²) in [4.78, 5) is 20.6. The Morgan fingerprint density at radius 3 is 2.61 bits per heavy atom. The molecule has 2 fully saturated rings. The summed E-state index contributed by atoms with van der Waals surface area (Å²) >= 11 is 14.7. The van der Waals surface area contributed by atoms with E-state index in [1.54, 1.807) is 11.0 Å². The average molecular weight is 568 g/mol. The lowest BCUT2D eigenvalue weighted by Gasteiger charge is -2.47. The molecule has 5 nitrogen and oxygen atoms in total. The number of halogens is 2. The van der Waals surface area contributed by atoms with Crippen LogP contribution in [0.5, 0.6) is 0 Å². The first kappa shape index (κ1) is 27.3. The molecule has 8 heteroatoms. The van der Waals surface area contributed by atoms with Crippen LogP contribution in [0.3, 0.4) is 0 Å². The van der Waals surface area contributed by atoms with Gasteiger partial charge in [0.25, 0.3) is 5.91 Å². The van der Waals surface area contributed by atoms with E-state index in [4.69, 9.17) is 23.2 Å². The summed E-state index contributed by atoms with van der Waals surface area (Å²) in [6.45, 7) is 6.13. The fourth-order valence-electron chi connectivity index (χ4n) is 5.54. The van der Waals surface area contributed by atoms with Gasteiger partial charge in [0, 0.05) is 68.8 Å². The molecule has 0 radical (unpaired) electrons. The van der Waals surface area contributed by atoms with Gasteiger partial charge in [-0.15, -0.1) is 0 Å². The van der Waals surface area contributed by atoms with Crippen LogP contribution in [0, 0.1) is 11.3 Å². The molecule has 1 amide bonds. The third-order valence-electron chi connectivity index (χ3n) is 7.77. The van der Waals surface area contributed by atoms with Gasteiger partial charge >= 0.3 is 0 Å². The third-order valence-corrected chi connectivity index (χ3v) is 9.45. The van der Waals surface area contributed by atoms with Crippen molar-refractivity contribution in [1.29, 1.82) is 5.26 Å². The smallest absolute Gasteiger partial charge is 0.254 e. The maximum absolute atomic E-state index is 13.7. The quantitative estimate of drug-likeness (QED) is 0.335. The van der Waals surface area contributed by atoms with Crippen molar-refractivity contribution in [1.82, 2.24) is 14.7 Å². The number of nitrogens with zero attached hydrogens (tertiary/aromatic N) is 4. The van der Waals surface area contributed by atoms with Crippen LogP contribution in [0.4, 0.5) is 0 Å². The van der Waals surface area contributed by atoms with Crippen molar-refractivity contribution < 1.29 is 4.79 Å². The van der Waals surface area contributed by atoms with E-state index in [0.29, 0.717) is 33.8 Å². The molecule has 1 atom stereocenters. The van der Waals surface area contributed by atoms with Crippen molar-refractivity contribution in [2.24, 2.45) is 0 Å². The zero-order chi connectivity index (χ0) is 26.6. The Labute approximate surface area is 239 Å². The van der Waals surface area contributed by atoms with Crippen LogP contribution in [0.25, 0.3) is 10.8 Å². The molecule has 2 aliphatic rings. The minimum absolute atomic E-state index is 0.0876. The van der Waals surface area contributed by atoms with Gasteiger partial charge in [-0.05, 0) is 53.6 Å². The van der Waals surface area contributed by atoms with Crippen LogP contribution < -0.4 is 0 Å². The third kappa shape index (κ3) is 6.14. The Hall–Kier alpha value is -2.27. The summed E-state index contributed by atoms with van der Waals surface area (Å²) in [7, 11) is 1.84. The summed E-state index contributed by atoms with van der Waals surface area (Å²) in [5.74, 6) is 2.50. The maximum Gasteiger partial charge on any atom is 0.254 e. The van der Waals surface area contributed by atoms with Gasteiger partial charge in [0.15, 0.2) is 0 Å². The molecule has 3 aromatic carbocycles. The first-order valence-corrected chi connectivity index (χ1v) is 15.0. The number of thioether (sulfide) groups is 1. The predicted octanol–water partition coefficient (Wildman–Crippen LogP) is 6.00. The maximum atomic E-state index is 13.7. The number of carbonyl (C=O) groups is 1. The molecule has 198 valence electrons. The van der Waals surface area contributed by atoms with Crippen LogP contribution in [-0.2, 0) is 0 Å². The zero-order valence-electron chi connectivity index (χ0n) is 21.6. The summed E-state index contributed by atoms with van der Waals surface area (Å²) in [5.41, 5.74) is 2.13. The number of likely N-dealkylation sites (tertiary alicyclic amines) is 1. The van der Waals surface area contributed by atoms with Gasteiger partial charge in [0.2, 0.25) is 0 Å². The van der Waals surface area contributed by atoms with Crippen LogP contribution >= 0.6 is 35.0 Å². The number of hydrogen-bond donors (Lipinski definition) is 0. The number of rotatable bonds is 8. The van der Waals surface area contributed by atoms with Crippen LogP contribution in [0.15, 0.2) is 54.6 Å². The second-order valence-corrected chi connectivity index (χ2v) is 12.3. The highest BCUT2D eigenvalue weighted by Gasteiger charge is 2.32. The van der Waals surface area contributed by atoms with Gasteiger partial charge in [-0.3, -0.25) is 9.69 Å². The predicted molar refractivity (Wildman–Crippen MR) is 159 cm³/mol. The van der Waals surface area contributed by atoms with Crippen molar-refractivity contribution in [2.45, 2.75) is 18.4 Å². The summed E-state index contributed by atoms with van der Waals surface area (Å²) < 4.78 is 0. The Balaban J connectivity index is 1.30. The topological polar surface area (TPSA) is 50.6 Å². The highest BCUT2D eigenvalue weighted by Crippen LogP contribution is 2.31. The second kappa shape index (κ2) is 12.3. The van der Waals surface area contributed by atoms with Crippen molar-refractivity contribution >= 4 is 51.6 Å². The second-order valence-electron chi connectivity index (χ2n) is 10.3. The first-order valence-electron chi connectivity index (χ1n) is 13.1. The van der Waals surface area contributed by atoms with E-state index in [9.17, 15) is 10.1 Å². The standard InChI is InChI=1S/C30H32Cl2N4OS/c1-34(30(37)27-15-21(17-33)14-23-4-2-3-5-26(23)27)18-24(22-6-7-28(31)29(32)16-22)8-9-35-19-25(20-35)36-10-12-38-13-11-36/h2-7,14-16,24-25H,8-13,18-20H2,1H3. The number of hydrogen-bond acceptors (Lipinski definition) is 5. The Morgan fingerprint density at radius 2 is 1.87 bits per heavy atom. The van der Waals surface area contributed by atoms with E-state index < -0.39 is 0 Å². The lowest BCUT2D eigenvalue weighted by molar-refractivity contribution is 0.0371. The average Bonchev–Trinajstić information content (AvgIpc) is 2.92. The van der Waals surface area contributed by atoms with E-state index in [2.05, 4.69) is 27.6 Å². The van der Waals surface area contributed by atoms with E-state index in [-0.39, 0.29) is 11.8 Å². The number of likely N-dealkylation sites (N-methyl/N-ethyl adjacent to an activating group) is 1. The summed E-state index contributed by atoms with van der Waals surface area (Å²) in [5, 5.41) is 12.3. The number of benzene rings is 3. The van der Waals surface area contributed by atoms with E-state index in [1.165, 1.54) is 24.6 Å². The van der Waals surface area contributed by atoms with Gasteiger partial charge in [-0.2, -0.15) is 17.0 Å². The van der Waals surface area contributed by atoms with Crippen molar-refractivity contribution in [3.63, 3.8) is 0 Å². The molecular weight excluding hydrogens is 535 g/mol. The van der Waals surface area contributed by atoms with E-state index >= 15 is 0 Å². The van der Waals surface area contributed by atoms with Crippen molar-refractivity contribution in [3.05, 3.63) is 81.3 Å². The van der Waals surface area contributed by atoms with Crippen molar-refractivity contribution in [3.8, 4) is 6.07 Å². The fourth-order valence-corrected chi connectivity index (χ4v) is 6.78. The molecule has 38 heavy (non-hydrogen) atoms. The molecule has 0 bridgehead atoms. The fraction of sp³-hybridized carbons (Fsp3) is 0.400. The minimum Gasteiger partial charge on any atom is -0.341 e. The number of amides is 1. The largest absolute Gasteiger partial charge is 0.341 e. The molecule has 0 aromatic heterocycles. The van der Waals surface area contributed by atoms with Gasteiger partial charge in [0.1, 0.15) is 0 Å². The Bertz CT molecular complexity index is 1350. The molecule has 2 saturated heterocycles. The lowest BCUT2D eigenvalue weighted by Crippen LogP contribution is -2.61. The first-order chi connectivity index (χ1) is 18.4. The number of carbonyl (C=O) groups excluding carboxylic acids is 1.